The average molecular weight is 589 g/mol. The predicted molar refractivity (Wildman–Crippen MR) is 158 cm³/mol. The number of halogens is 3. The Morgan fingerprint density at radius 1 is 1.05 bits per heavy atom. The quantitative estimate of drug-likeness (QED) is 0.173. The van der Waals surface area contributed by atoms with E-state index in [4.69, 9.17) is 14.6 Å². The van der Waals surface area contributed by atoms with E-state index in [1.54, 1.807) is 42.5 Å². The molecule has 1 aliphatic heterocycles. The number of nitrogens with one attached hydrogen (secondary N) is 2. The van der Waals surface area contributed by atoms with Crippen LogP contribution in [0.25, 0.3) is 10.9 Å². The molecule has 1 saturated heterocycles. The highest BCUT2D eigenvalue weighted by Crippen LogP contribution is 2.32. The average Bonchev–Trinajstić information content (AvgIpc) is 3.28. The number of fused-ring (bicyclic) bond motifs is 1. The number of alkyl halides is 3. The Bertz CT molecular complexity index is 1350. The van der Waals surface area contributed by atoms with E-state index >= 15 is 0 Å². The number of phenols is 1. The van der Waals surface area contributed by atoms with Gasteiger partial charge in [-0.25, -0.2) is 0 Å². The third-order valence-corrected chi connectivity index (χ3v) is 7.25. The molecule has 4 rings (SSSR count). The van der Waals surface area contributed by atoms with Crippen molar-refractivity contribution in [3.63, 3.8) is 0 Å². The zero-order valence-electron chi connectivity index (χ0n) is 23.8. The fourth-order valence-corrected chi connectivity index (χ4v) is 5.28. The van der Waals surface area contributed by atoms with E-state index in [9.17, 15) is 18.3 Å². The van der Waals surface area contributed by atoms with Gasteiger partial charge in [0.15, 0.2) is 0 Å². The summed E-state index contributed by atoms with van der Waals surface area (Å²) < 4.78 is 53.0. The fraction of sp³-hybridized carbons (Fsp3) is 0.484. The van der Waals surface area contributed by atoms with Crippen LogP contribution in [0, 0.1) is 17.8 Å². The van der Waals surface area contributed by atoms with Crippen LogP contribution in [-0.2, 0) is 16.0 Å². The van der Waals surface area contributed by atoms with Crippen LogP contribution in [0.1, 0.15) is 18.5 Å². The van der Waals surface area contributed by atoms with Gasteiger partial charge in [-0.05, 0) is 68.6 Å². The van der Waals surface area contributed by atoms with Crippen molar-refractivity contribution >= 4 is 22.3 Å². The van der Waals surface area contributed by atoms with Crippen LogP contribution in [0.2, 0.25) is 0 Å². The fourth-order valence-electron chi connectivity index (χ4n) is 5.28. The maximum atomic E-state index is 13.6. The molecule has 42 heavy (non-hydrogen) atoms. The number of aromatic hydroxyl groups is 1. The lowest BCUT2D eigenvalue weighted by molar-refractivity contribution is -0.140. The van der Waals surface area contributed by atoms with Gasteiger partial charge in [0.1, 0.15) is 12.3 Å². The topological polar surface area (TPSA) is 91.2 Å². The SMILES string of the molecule is CN1CCC(Nc2cccc3c2cc(C#CCNc2cccc(O)c2)n3CC(F)(F)F)C(CCOCCOCCO)C1. The minimum Gasteiger partial charge on any atom is -0.508 e. The van der Waals surface area contributed by atoms with Crippen molar-refractivity contribution in [1.29, 1.82) is 0 Å². The third kappa shape index (κ3) is 9.29. The van der Waals surface area contributed by atoms with Crippen molar-refractivity contribution in [2.75, 3.05) is 70.3 Å². The van der Waals surface area contributed by atoms with Crippen LogP contribution >= 0.6 is 0 Å². The smallest absolute Gasteiger partial charge is 0.406 e. The summed E-state index contributed by atoms with van der Waals surface area (Å²) in [6.07, 6.45) is -2.68. The van der Waals surface area contributed by atoms with E-state index in [-0.39, 0.29) is 36.6 Å². The number of aromatic nitrogens is 1. The highest BCUT2D eigenvalue weighted by Gasteiger charge is 2.31. The Hall–Kier alpha value is -3.43. The Labute approximate surface area is 244 Å². The number of phenolic OH excluding ortho intramolecular Hbond substituents is 1. The zero-order valence-corrected chi connectivity index (χ0v) is 23.8. The van der Waals surface area contributed by atoms with Crippen LogP contribution in [0.4, 0.5) is 24.5 Å². The molecule has 2 atom stereocenters. The Balaban J connectivity index is 1.50. The lowest BCUT2D eigenvalue weighted by Gasteiger charge is -2.38. The number of likely N-dealkylation sites (tertiary alicyclic amines) is 1. The summed E-state index contributed by atoms with van der Waals surface area (Å²) in [4.78, 5) is 2.28. The number of nitrogens with zero attached hydrogens (tertiary/aromatic N) is 2. The van der Waals surface area contributed by atoms with Crippen LogP contribution in [-0.4, -0.2) is 91.6 Å². The van der Waals surface area contributed by atoms with Gasteiger partial charge in [0.2, 0.25) is 0 Å². The first kappa shape index (κ1) is 31.5. The summed E-state index contributed by atoms with van der Waals surface area (Å²) >= 11 is 0. The molecule has 11 heteroatoms. The molecule has 0 bridgehead atoms. The van der Waals surface area contributed by atoms with Gasteiger partial charge in [-0.1, -0.05) is 18.1 Å². The maximum Gasteiger partial charge on any atom is 0.406 e. The summed E-state index contributed by atoms with van der Waals surface area (Å²) in [5.74, 6) is 6.24. The highest BCUT2D eigenvalue weighted by atomic mass is 19.4. The van der Waals surface area contributed by atoms with Crippen molar-refractivity contribution in [1.82, 2.24) is 9.47 Å². The predicted octanol–water partition coefficient (Wildman–Crippen LogP) is 4.52. The first-order chi connectivity index (χ1) is 20.2. The van der Waals surface area contributed by atoms with E-state index in [1.807, 2.05) is 6.07 Å². The van der Waals surface area contributed by atoms with Gasteiger partial charge < -0.3 is 39.8 Å². The summed E-state index contributed by atoms with van der Waals surface area (Å²) in [7, 11) is 2.09. The number of aliphatic hydroxyl groups excluding tert-OH is 1. The van der Waals surface area contributed by atoms with E-state index in [1.165, 1.54) is 4.57 Å². The van der Waals surface area contributed by atoms with Gasteiger partial charge in [-0.3, -0.25) is 0 Å². The van der Waals surface area contributed by atoms with E-state index < -0.39 is 12.7 Å². The van der Waals surface area contributed by atoms with Crippen molar-refractivity contribution < 1.29 is 32.9 Å². The summed E-state index contributed by atoms with van der Waals surface area (Å²) in [6.45, 7) is 2.60. The van der Waals surface area contributed by atoms with Crippen LogP contribution in [0.3, 0.4) is 0 Å². The first-order valence-electron chi connectivity index (χ1n) is 14.2. The van der Waals surface area contributed by atoms with Crippen LogP contribution < -0.4 is 10.6 Å². The molecular weight excluding hydrogens is 549 g/mol. The standard InChI is InChI=1S/C31H39F3N4O4/c1-37-13-10-28(23(21-37)11-15-41-17-18-42-16-14-39)36-29-8-3-9-30-27(29)20-25(38(30)22-31(32,33)34)6-4-12-35-24-5-2-7-26(40)19-24/h2-3,5,7-9,19-20,23,28,35-36,39-40H,10-18,21-22H2,1H3. The third-order valence-electron chi connectivity index (χ3n) is 7.25. The molecule has 8 nitrogen and oxygen atoms in total. The van der Waals surface area contributed by atoms with Crippen LogP contribution in [0.5, 0.6) is 5.75 Å². The minimum atomic E-state index is -4.41. The molecular formula is C31H39F3N4O4. The molecule has 2 heterocycles. The second-order valence-corrected chi connectivity index (χ2v) is 10.5. The number of anilines is 2. The van der Waals surface area contributed by atoms with Crippen molar-refractivity contribution in [3.05, 3.63) is 54.2 Å². The largest absolute Gasteiger partial charge is 0.508 e. The molecule has 4 N–H and O–H groups in total. The number of hydrogen-bond acceptors (Lipinski definition) is 7. The van der Waals surface area contributed by atoms with E-state index in [0.717, 1.165) is 31.6 Å². The van der Waals surface area contributed by atoms with Gasteiger partial charge >= 0.3 is 6.18 Å². The van der Waals surface area contributed by atoms with Crippen LogP contribution in [0.15, 0.2) is 48.5 Å². The van der Waals surface area contributed by atoms with Crippen molar-refractivity contribution in [2.24, 2.45) is 5.92 Å². The Kier molecular flexibility index (Phi) is 11.4. The Morgan fingerprint density at radius 2 is 1.83 bits per heavy atom. The minimum absolute atomic E-state index is 0.0141. The first-order valence-corrected chi connectivity index (χ1v) is 14.2. The molecule has 1 fully saturated rings. The van der Waals surface area contributed by atoms with Crippen molar-refractivity contribution in [2.45, 2.75) is 31.6 Å². The summed E-state index contributed by atoms with van der Waals surface area (Å²) in [6, 6.07) is 13.8. The van der Waals surface area contributed by atoms with E-state index in [2.05, 4.69) is 34.4 Å². The lowest BCUT2D eigenvalue weighted by Crippen LogP contribution is -2.45. The summed E-state index contributed by atoms with van der Waals surface area (Å²) in [5.41, 5.74) is 2.20. The van der Waals surface area contributed by atoms with Gasteiger partial charge in [0, 0.05) is 42.0 Å². The molecule has 228 valence electrons. The highest BCUT2D eigenvalue weighted by molar-refractivity contribution is 5.94. The maximum absolute atomic E-state index is 13.6. The lowest BCUT2D eigenvalue weighted by atomic mass is 9.89. The monoisotopic (exact) mass is 588 g/mol. The normalized spacial score (nSPS) is 17.6. The van der Waals surface area contributed by atoms with Gasteiger partial charge in [0.05, 0.1) is 44.2 Å². The molecule has 1 aromatic heterocycles. The molecule has 0 aliphatic carbocycles. The number of aliphatic hydroxyl groups is 1. The molecule has 0 amide bonds. The summed E-state index contributed by atoms with van der Waals surface area (Å²) in [5, 5.41) is 25.8. The molecule has 0 radical (unpaired) electrons. The molecule has 0 spiro atoms. The zero-order chi connectivity index (χ0) is 30.0. The van der Waals surface area contributed by atoms with Gasteiger partial charge in [0.25, 0.3) is 0 Å². The number of rotatable bonds is 13. The second kappa shape index (κ2) is 15.2. The molecule has 3 aromatic rings. The molecule has 2 aromatic carbocycles. The van der Waals surface area contributed by atoms with Gasteiger partial charge in [-0.15, -0.1) is 0 Å². The molecule has 0 saturated carbocycles. The molecule has 2 unspecified atom stereocenters. The number of benzene rings is 2. The number of piperidine rings is 1. The second-order valence-electron chi connectivity index (χ2n) is 10.5. The Morgan fingerprint density at radius 3 is 2.60 bits per heavy atom. The number of hydrogen-bond donors (Lipinski definition) is 4. The van der Waals surface area contributed by atoms with E-state index in [0.29, 0.717) is 43.0 Å². The number of ether oxygens (including phenoxy) is 2. The van der Waals surface area contributed by atoms with Crippen molar-refractivity contribution in [3.8, 4) is 17.6 Å². The molecule has 1 aliphatic rings. The van der Waals surface area contributed by atoms with Gasteiger partial charge in [-0.2, -0.15) is 13.2 Å².